The van der Waals surface area contributed by atoms with Crippen LogP contribution in [0.25, 0.3) is 0 Å². The van der Waals surface area contributed by atoms with E-state index in [1.54, 1.807) is 6.92 Å². The van der Waals surface area contributed by atoms with E-state index in [0.717, 1.165) is 4.31 Å². The van der Waals surface area contributed by atoms with E-state index in [4.69, 9.17) is 11.1 Å². The van der Waals surface area contributed by atoms with Crippen LogP contribution >= 0.6 is 0 Å². The second-order valence-corrected chi connectivity index (χ2v) is 8.86. The van der Waals surface area contributed by atoms with Gasteiger partial charge in [-0.3, -0.25) is 5.41 Å². The minimum absolute atomic E-state index is 0.0888. The van der Waals surface area contributed by atoms with Crippen LogP contribution in [0.5, 0.6) is 0 Å². The van der Waals surface area contributed by atoms with Crippen molar-refractivity contribution < 1.29 is 16.8 Å². The number of nitrogens with zero attached hydrogens (tertiary/aromatic N) is 1. The van der Waals surface area contributed by atoms with Gasteiger partial charge in [-0.15, -0.1) is 0 Å². The van der Waals surface area contributed by atoms with Gasteiger partial charge in [-0.1, -0.05) is 6.92 Å². The summed E-state index contributed by atoms with van der Waals surface area (Å²) in [5, 5.41) is 6.48. The Balaban J connectivity index is 2.83. The molecular formula is C9H19N3O4S2. The summed E-state index contributed by atoms with van der Waals surface area (Å²) in [6, 6.07) is 0. The number of nitrogens with two attached hydrogens (primary N) is 1. The molecule has 0 unspecified atom stereocenters. The molecule has 3 N–H and O–H groups in total. The highest BCUT2D eigenvalue weighted by Crippen LogP contribution is 2.22. The first kappa shape index (κ1) is 15.4. The van der Waals surface area contributed by atoms with E-state index in [0.29, 0.717) is 0 Å². The Kier molecular flexibility index (Phi) is 4.73. The van der Waals surface area contributed by atoms with Crippen molar-refractivity contribution in [1.82, 2.24) is 4.31 Å². The molecule has 0 radical (unpaired) electrons. The summed E-state index contributed by atoms with van der Waals surface area (Å²) in [4.78, 5) is 0. The Bertz CT molecular complexity index is 498. The van der Waals surface area contributed by atoms with Crippen LogP contribution in [0.3, 0.4) is 0 Å². The van der Waals surface area contributed by atoms with E-state index < -0.39 is 25.1 Å². The largest absolute Gasteiger partial charge is 0.387 e. The summed E-state index contributed by atoms with van der Waals surface area (Å²) in [7, 11) is -6.65. The number of likely N-dealkylation sites (N-methyl/N-ethyl adjacent to an activating group) is 1. The monoisotopic (exact) mass is 297 g/mol. The van der Waals surface area contributed by atoms with Crippen LogP contribution in [0, 0.1) is 5.41 Å². The first-order valence-corrected chi connectivity index (χ1v) is 9.04. The van der Waals surface area contributed by atoms with E-state index in [1.165, 1.54) is 0 Å². The summed E-state index contributed by atoms with van der Waals surface area (Å²) in [6.07, 6.45) is 0.248. The van der Waals surface area contributed by atoms with Gasteiger partial charge in [0, 0.05) is 6.54 Å². The minimum atomic E-state index is -3.57. The lowest BCUT2D eigenvalue weighted by Crippen LogP contribution is -2.45. The van der Waals surface area contributed by atoms with Crippen LogP contribution in [0.4, 0.5) is 0 Å². The van der Waals surface area contributed by atoms with E-state index in [9.17, 15) is 16.8 Å². The third kappa shape index (κ3) is 3.66. The summed E-state index contributed by atoms with van der Waals surface area (Å²) in [6.45, 7) is 1.76. The van der Waals surface area contributed by atoms with Gasteiger partial charge in [-0.25, -0.2) is 16.8 Å². The van der Waals surface area contributed by atoms with Crippen molar-refractivity contribution in [3.8, 4) is 0 Å². The smallest absolute Gasteiger partial charge is 0.217 e. The molecule has 0 aromatic carbocycles. The zero-order valence-corrected chi connectivity index (χ0v) is 11.9. The molecule has 0 amide bonds. The zero-order chi connectivity index (χ0) is 14.0. The van der Waals surface area contributed by atoms with Crippen molar-refractivity contribution >= 4 is 25.7 Å². The lowest BCUT2D eigenvalue weighted by atomic mass is 10.2. The predicted octanol–water partition coefficient (Wildman–Crippen LogP) is -0.849. The van der Waals surface area contributed by atoms with Crippen LogP contribution in [-0.4, -0.2) is 56.8 Å². The van der Waals surface area contributed by atoms with E-state index in [1.807, 2.05) is 0 Å². The second-order valence-electron chi connectivity index (χ2n) is 4.35. The third-order valence-electron chi connectivity index (χ3n) is 2.98. The molecule has 1 rings (SSSR count). The van der Waals surface area contributed by atoms with Crippen LogP contribution < -0.4 is 5.73 Å². The van der Waals surface area contributed by atoms with E-state index >= 15 is 0 Å². The fraction of sp³-hybridized carbons (Fsp3) is 0.889. The molecule has 9 heteroatoms. The summed E-state index contributed by atoms with van der Waals surface area (Å²) in [5.41, 5.74) is 5.22. The van der Waals surface area contributed by atoms with Gasteiger partial charge in [0.2, 0.25) is 10.0 Å². The second kappa shape index (κ2) is 5.54. The molecular weight excluding hydrogens is 278 g/mol. The number of sulfonamides is 1. The topological polar surface area (TPSA) is 121 Å². The Morgan fingerprint density at radius 3 is 2.28 bits per heavy atom. The molecule has 1 saturated heterocycles. The molecule has 0 saturated carbocycles. The Morgan fingerprint density at radius 2 is 1.89 bits per heavy atom. The number of hydrogen-bond acceptors (Lipinski definition) is 5. The number of nitrogens with one attached hydrogen (secondary N) is 1. The van der Waals surface area contributed by atoms with Gasteiger partial charge in [0.15, 0.2) is 0 Å². The van der Waals surface area contributed by atoms with Gasteiger partial charge in [-0.05, 0) is 12.8 Å². The predicted molar refractivity (Wildman–Crippen MR) is 69.8 cm³/mol. The lowest BCUT2D eigenvalue weighted by molar-refractivity contribution is 0.448. The van der Waals surface area contributed by atoms with Crippen LogP contribution in [0.15, 0.2) is 0 Å². The van der Waals surface area contributed by atoms with Crippen LogP contribution in [0.2, 0.25) is 0 Å². The van der Waals surface area contributed by atoms with Gasteiger partial charge < -0.3 is 5.73 Å². The highest BCUT2D eigenvalue weighted by atomic mass is 32.2. The molecule has 1 aliphatic heterocycles. The van der Waals surface area contributed by atoms with Crippen molar-refractivity contribution in [3.63, 3.8) is 0 Å². The van der Waals surface area contributed by atoms with Crippen LogP contribution in [-0.2, 0) is 19.9 Å². The molecule has 0 aliphatic carbocycles. The number of rotatable bonds is 5. The number of sulfone groups is 1. The number of amidine groups is 1. The van der Waals surface area contributed by atoms with E-state index in [-0.39, 0.29) is 43.3 Å². The minimum Gasteiger partial charge on any atom is -0.387 e. The van der Waals surface area contributed by atoms with Crippen LogP contribution in [0.1, 0.15) is 19.8 Å². The van der Waals surface area contributed by atoms with Gasteiger partial charge in [0.1, 0.15) is 15.7 Å². The molecule has 18 heavy (non-hydrogen) atoms. The lowest BCUT2D eigenvalue weighted by Gasteiger charge is -2.28. The first-order chi connectivity index (χ1) is 8.19. The van der Waals surface area contributed by atoms with Crippen molar-refractivity contribution in [2.45, 2.75) is 25.0 Å². The molecule has 1 heterocycles. The maximum absolute atomic E-state index is 12.2. The van der Waals surface area contributed by atoms with Gasteiger partial charge in [0.25, 0.3) is 0 Å². The van der Waals surface area contributed by atoms with E-state index in [2.05, 4.69) is 0 Å². The SMILES string of the molecule is CCN(CC(=N)N)S(=O)(=O)C1CCS(=O)(=O)CC1. The molecule has 1 aliphatic rings. The molecule has 106 valence electrons. The number of hydrogen-bond donors (Lipinski definition) is 2. The average Bonchev–Trinajstić information content (AvgIpc) is 2.24. The van der Waals surface area contributed by atoms with Gasteiger partial charge in [-0.2, -0.15) is 4.31 Å². The molecule has 1 fully saturated rings. The fourth-order valence-corrected chi connectivity index (χ4v) is 5.67. The van der Waals surface area contributed by atoms with Crippen molar-refractivity contribution in [2.75, 3.05) is 24.6 Å². The average molecular weight is 297 g/mol. The van der Waals surface area contributed by atoms with Gasteiger partial charge in [0.05, 0.1) is 23.3 Å². The Labute approximate surface area is 108 Å². The van der Waals surface area contributed by atoms with Crippen molar-refractivity contribution in [2.24, 2.45) is 5.73 Å². The van der Waals surface area contributed by atoms with Gasteiger partial charge >= 0.3 is 0 Å². The standard InChI is InChI=1S/C9H19N3O4S2/c1-2-12(7-9(10)11)18(15,16)8-3-5-17(13,14)6-4-8/h8H,2-7H2,1H3,(H3,10,11). The van der Waals surface area contributed by atoms with Crippen molar-refractivity contribution in [1.29, 1.82) is 5.41 Å². The highest BCUT2D eigenvalue weighted by molar-refractivity contribution is 7.92. The molecule has 0 aromatic heterocycles. The Morgan fingerprint density at radius 1 is 1.39 bits per heavy atom. The molecule has 0 bridgehead atoms. The zero-order valence-electron chi connectivity index (χ0n) is 10.3. The normalized spacial score (nSPS) is 21.0. The summed E-state index contributed by atoms with van der Waals surface area (Å²) < 4.78 is 48.2. The fourth-order valence-electron chi connectivity index (χ4n) is 1.95. The molecule has 7 nitrogen and oxygen atoms in total. The maximum Gasteiger partial charge on any atom is 0.217 e. The summed E-state index contributed by atoms with van der Waals surface area (Å²) >= 11 is 0. The highest BCUT2D eigenvalue weighted by Gasteiger charge is 2.36. The maximum atomic E-state index is 12.2. The third-order valence-corrected chi connectivity index (χ3v) is 7.12. The molecule has 0 spiro atoms. The molecule has 0 atom stereocenters. The first-order valence-electron chi connectivity index (χ1n) is 5.71. The van der Waals surface area contributed by atoms with Crippen molar-refractivity contribution in [3.05, 3.63) is 0 Å². The summed E-state index contributed by atoms with van der Waals surface area (Å²) in [5.74, 6) is -0.396. The quantitative estimate of drug-likeness (QED) is 0.506. The Hall–Kier alpha value is -0.670. The molecule has 0 aromatic rings.